The maximum Gasteiger partial charge on any atom is 0.321 e. The molecule has 0 saturated carbocycles. The lowest BCUT2D eigenvalue weighted by Crippen LogP contribution is -2.40. The highest BCUT2D eigenvalue weighted by atomic mass is 32.2. The number of rotatable bonds is 8. The van der Waals surface area contributed by atoms with Gasteiger partial charge in [0.25, 0.3) is 0 Å². The normalized spacial score (nSPS) is 13.9. The first-order chi connectivity index (χ1) is 14.2. The first-order valence-corrected chi connectivity index (χ1v) is 11.1. The van der Waals surface area contributed by atoms with Gasteiger partial charge >= 0.3 is 6.03 Å². The third-order valence-corrected chi connectivity index (χ3v) is 5.60. The molecule has 1 aliphatic heterocycles. The first kappa shape index (κ1) is 21.2. The van der Waals surface area contributed by atoms with Crippen molar-refractivity contribution in [3.05, 3.63) is 30.3 Å². The van der Waals surface area contributed by atoms with Crippen LogP contribution in [-0.2, 0) is 4.79 Å². The lowest BCUT2D eigenvalue weighted by molar-refractivity contribution is -0.117. The molecule has 1 aromatic heterocycles. The van der Waals surface area contributed by atoms with E-state index in [1.165, 1.54) is 18.2 Å². The number of nitrogens with one attached hydrogen (secondary N) is 2. The Kier molecular flexibility index (Phi) is 7.92. The summed E-state index contributed by atoms with van der Waals surface area (Å²) in [5.41, 5.74) is 0.957. The fourth-order valence-electron chi connectivity index (χ4n) is 3.17. The van der Waals surface area contributed by atoms with Crippen LogP contribution in [-0.4, -0.2) is 52.1 Å². The van der Waals surface area contributed by atoms with Gasteiger partial charge < -0.3 is 10.2 Å². The monoisotopic (exact) mass is 416 g/mol. The molecule has 0 bridgehead atoms. The van der Waals surface area contributed by atoms with E-state index in [9.17, 15) is 9.59 Å². The Morgan fingerprint density at radius 2 is 1.86 bits per heavy atom. The summed E-state index contributed by atoms with van der Waals surface area (Å²) in [5.74, 6) is 0.536. The van der Waals surface area contributed by atoms with Gasteiger partial charge in [-0.1, -0.05) is 43.3 Å². The zero-order chi connectivity index (χ0) is 20.5. The molecule has 0 radical (unpaired) electrons. The SMILES string of the molecule is CCCCNC(=O)NC(=O)CSc1nnc(N2CCCCC2)n1-c1ccccc1. The zero-order valence-corrected chi connectivity index (χ0v) is 17.6. The molecule has 8 nitrogen and oxygen atoms in total. The number of unbranched alkanes of at least 4 members (excludes halogenated alkanes) is 1. The summed E-state index contributed by atoms with van der Waals surface area (Å²) in [7, 11) is 0. The number of piperidine rings is 1. The van der Waals surface area contributed by atoms with Crippen molar-refractivity contribution in [1.29, 1.82) is 0 Å². The Bertz CT molecular complexity index is 805. The van der Waals surface area contributed by atoms with Crippen LogP contribution < -0.4 is 15.5 Å². The van der Waals surface area contributed by atoms with E-state index in [1.807, 2.05) is 41.8 Å². The quantitative estimate of drug-likeness (QED) is 0.508. The van der Waals surface area contributed by atoms with Crippen molar-refractivity contribution in [3.8, 4) is 5.69 Å². The van der Waals surface area contributed by atoms with Crippen molar-refractivity contribution < 1.29 is 9.59 Å². The topological polar surface area (TPSA) is 92.2 Å². The van der Waals surface area contributed by atoms with Crippen LogP contribution >= 0.6 is 11.8 Å². The van der Waals surface area contributed by atoms with E-state index in [-0.39, 0.29) is 11.7 Å². The predicted octanol–water partition coefficient (Wildman–Crippen LogP) is 2.98. The molecule has 0 spiro atoms. The lowest BCUT2D eigenvalue weighted by Gasteiger charge is -2.27. The zero-order valence-electron chi connectivity index (χ0n) is 16.8. The minimum Gasteiger partial charge on any atom is -0.341 e. The maximum atomic E-state index is 12.2. The van der Waals surface area contributed by atoms with E-state index < -0.39 is 6.03 Å². The molecular formula is C20H28N6O2S. The van der Waals surface area contributed by atoms with Crippen molar-refractivity contribution in [1.82, 2.24) is 25.4 Å². The summed E-state index contributed by atoms with van der Waals surface area (Å²) in [6.07, 6.45) is 5.38. The molecule has 156 valence electrons. The van der Waals surface area contributed by atoms with Gasteiger partial charge in [0, 0.05) is 19.6 Å². The van der Waals surface area contributed by atoms with Crippen molar-refractivity contribution in [2.24, 2.45) is 0 Å². The van der Waals surface area contributed by atoms with E-state index in [2.05, 4.69) is 25.7 Å². The van der Waals surface area contributed by atoms with Gasteiger partial charge in [-0.15, -0.1) is 10.2 Å². The number of aromatic nitrogens is 3. The minimum absolute atomic E-state index is 0.0894. The Labute approximate surface area is 175 Å². The van der Waals surface area contributed by atoms with E-state index in [0.717, 1.165) is 50.4 Å². The second kappa shape index (κ2) is 10.8. The average Bonchev–Trinajstić information content (AvgIpc) is 3.18. The van der Waals surface area contributed by atoms with E-state index in [0.29, 0.717) is 11.7 Å². The molecule has 9 heteroatoms. The summed E-state index contributed by atoms with van der Waals surface area (Å²) in [6.45, 7) is 4.51. The number of anilines is 1. The number of hydrogen-bond donors (Lipinski definition) is 2. The van der Waals surface area contributed by atoms with Crippen molar-refractivity contribution in [3.63, 3.8) is 0 Å². The maximum absolute atomic E-state index is 12.2. The van der Waals surface area contributed by atoms with Gasteiger partial charge in [0.2, 0.25) is 11.9 Å². The second-order valence-electron chi connectivity index (χ2n) is 6.95. The van der Waals surface area contributed by atoms with E-state index >= 15 is 0 Å². The highest BCUT2D eigenvalue weighted by molar-refractivity contribution is 7.99. The number of amides is 3. The Balaban J connectivity index is 1.68. The number of carbonyl (C=O) groups is 2. The summed E-state index contributed by atoms with van der Waals surface area (Å²) >= 11 is 1.28. The van der Waals surface area contributed by atoms with Crippen LogP contribution in [0.3, 0.4) is 0 Å². The Morgan fingerprint density at radius 3 is 2.59 bits per heavy atom. The summed E-state index contributed by atoms with van der Waals surface area (Å²) in [4.78, 5) is 26.1. The van der Waals surface area contributed by atoms with Crippen LogP contribution in [0.2, 0.25) is 0 Å². The third-order valence-electron chi connectivity index (χ3n) is 4.67. The fourth-order valence-corrected chi connectivity index (χ4v) is 3.92. The molecule has 2 aromatic rings. The summed E-state index contributed by atoms with van der Waals surface area (Å²) in [5, 5.41) is 14.4. The molecule has 0 unspecified atom stereocenters. The average molecular weight is 417 g/mol. The fraction of sp³-hybridized carbons (Fsp3) is 0.500. The third kappa shape index (κ3) is 5.96. The van der Waals surface area contributed by atoms with Crippen LogP contribution in [0.1, 0.15) is 39.0 Å². The van der Waals surface area contributed by atoms with Gasteiger partial charge in [0.05, 0.1) is 11.4 Å². The number of thioether (sulfide) groups is 1. The van der Waals surface area contributed by atoms with Crippen LogP contribution in [0.5, 0.6) is 0 Å². The van der Waals surface area contributed by atoms with Gasteiger partial charge in [-0.05, 0) is 37.8 Å². The van der Waals surface area contributed by atoms with Gasteiger partial charge in [0.1, 0.15) is 0 Å². The Morgan fingerprint density at radius 1 is 1.10 bits per heavy atom. The highest BCUT2D eigenvalue weighted by Gasteiger charge is 2.22. The molecule has 1 fully saturated rings. The molecular weight excluding hydrogens is 388 g/mol. The largest absolute Gasteiger partial charge is 0.341 e. The highest BCUT2D eigenvalue weighted by Crippen LogP contribution is 2.28. The van der Waals surface area contributed by atoms with E-state index in [4.69, 9.17) is 0 Å². The number of urea groups is 1. The van der Waals surface area contributed by atoms with Gasteiger partial charge in [-0.3, -0.25) is 14.7 Å². The molecule has 3 amide bonds. The number of para-hydroxylation sites is 1. The van der Waals surface area contributed by atoms with Gasteiger partial charge in [-0.2, -0.15) is 0 Å². The number of hydrogen-bond acceptors (Lipinski definition) is 6. The van der Waals surface area contributed by atoms with Gasteiger partial charge in [0.15, 0.2) is 5.16 Å². The molecule has 2 heterocycles. The smallest absolute Gasteiger partial charge is 0.321 e. The van der Waals surface area contributed by atoms with Gasteiger partial charge in [-0.25, -0.2) is 4.79 Å². The van der Waals surface area contributed by atoms with Crippen LogP contribution in [0.4, 0.5) is 10.7 Å². The molecule has 1 saturated heterocycles. The van der Waals surface area contributed by atoms with Crippen molar-refractivity contribution in [2.75, 3.05) is 30.3 Å². The van der Waals surface area contributed by atoms with Crippen molar-refractivity contribution in [2.45, 2.75) is 44.2 Å². The first-order valence-electron chi connectivity index (χ1n) is 10.2. The number of carbonyl (C=O) groups excluding carboxylic acids is 2. The Hall–Kier alpha value is -2.55. The molecule has 1 aromatic carbocycles. The summed E-state index contributed by atoms with van der Waals surface area (Å²) in [6, 6.07) is 9.45. The van der Waals surface area contributed by atoms with Crippen molar-refractivity contribution >= 4 is 29.6 Å². The van der Waals surface area contributed by atoms with Crippen LogP contribution in [0.25, 0.3) is 5.69 Å². The molecule has 0 aliphatic carbocycles. The molecule has 0 atom stereocenters. The predicted molar refractivity (Wildman–Crippen MR) is 115 cm³/mol. The minimum atomic E-state index is -0.456. The molecule has 29 heavy (non-hydrogen) atoms. The van der Waals surface area contributed by atoms with Crippen LogP contribution in [0.15, 0.2) is 35.5 Å². The molecule has 1 aliphatic rings. The number of benzene rings is 1. The number of imide groups is 1. The molecule has 3 rings (SSSR count). The molecule has 2 N–H and O–H groups in total. The van der Waals surface area contributed by atoms with Crippen LogP contribution in [0, 0.1) is 0 Å². The number of nitrogens with zero attached hydrogens (tertiary/aromatic N) is 4. The lowest BCUT2D eigenvalue weighted by atomic mass is 10.1. The summed E-state index contributed by atoms with van der Waals surface area (Å²) < 4.78 is 1.99. The second-order valence-corrected chi connectivity index (χ2v) is 7.89. The van der Waals surface area contributed by atoms with E-state index in [1.54, 1.807) is 0 Å². The standard InChI is InChI=1S/C20H28N6O2S/c1-2-3-12-21-18(28)22-17(27)15-29-20-24-23-19(25-13-8-5-9-14-25)26(20)16-10-6-4-7-11-16/h4,6-7,10-11H,2-3,5,8-9,12-15H2,1H3,(H2,21,22,27,28).